The summed E-state index contributed by atoms with van der Waals surface area (Å²) in [5.74, 6) is 0.128. The number of piperidine rings is 1. The molecule has 0 spiro atoms. The molecule has 0 bridgehead atoms. The first-order valence-corrected chi connectivity index (χ1v) is 6.71. The van der Waals surface area contributed by atoms with E-state index in [4.69, 9.17) is 15.9 Å². The summed E-state index contributed by atoms with van der Waals surface area (Å²) >= 11 is 0. The van der Waals surface area contributed by atoms with Crippen LogP contribution in [0.15, 0.2) is 18.2 Å². The van der Waals surface area contributed by atoms with E-state index in [9.17, 15) is 0 Å². The SMILES string of the molecule is COC1(C)CCCN(c2c(C)cccc2C(=N)N)C1. The van der Waals surface area contributed by atoms with E-state index in [2.05, 4.69) is 24.8 Å². The predicted molar refractivity (Wildman–Crippen MR) is 79.1 cm³/mol. The smallest absolute Gasteiger partial charge is 0.124 e. The molecule has 3 N–H and O–H groups in total. The Morgan fingerprint density at radius 1 is 1.47 bits per heavy atom. The van der Waals surface area contributed by atoms with Crippen LogP contribution in [0.25, 0.3) is 0 Å². The normalized spacial score (nSPS) is 23.4. The zero-order valence-electron chi connectivity index (χ0n) is 12.0. The van der Waals surface area contributed by atoms with E-state index in [-0.39, 0.29) is 11.4 Å². The van der Waals surface area contributed by atoms with Crippen LogP contribution in [0.2, 0.25) is 0 Å². The summed E-state index contributed by atoms with van der Waals surface area (Å²) in [7, 11) is 1.77. The lowest BCUT2D eigenvalue weighted by molar-refractivity contribution is -0.00467. The van der Waals surface area contributed by atoms with Crippen LogP contribution in [-0.2, 0) is 4.74 Å². The van der Waals surface area contributed by atoms with Crippen LogP contribution in [0.5, 0.6) is 0 Å². The second-order valence-corrected chi connectivity index (χ2v) is 5.56. The Hall–Kier alpha value is -1.55. The van der Waals surface area contributed by atoms with Gasteiger partial charge in [0.25, 0.3) is 0 Å². The second kappa shape index (κ2) is 5.21. The van der Waals surface area contributed by atoms with Gasteiger partial charge >= 0.3 is 0 Å². The van der Waals surface area contributed by atoms with E-state index >= 15 is 0 Å². The van der Waals surface area contributed by atoms with Crippen molar-refractivity contribution < 1.29 is 4.74 Å². The first-order valence-electron chi connectivity index (χ1n) is 6.71. The lowest BCUT2D eigenvalue weighted by Crippen LogP contribution is -2.48. The van der Waals surface area contributed by atoms with Gasteiger partial charge in [0.2, 0.25) is 0 Å². The number of ether oxygens (including phenoxy) is 1. The van der Waals surface area contributed by atoms with Crippen LogP contribution in [-0.4, -0.2) is 31.6 Å². The molecule has 104 valence electrons. The first kappa shape index (κ1) is 13.9. The second-order valence-electron chi connectivity index (χ2n) is 5.56. The minimum atomic E-state index is -0.116. The maximum atomic E-state index is 7.76. The Bertz CT molecular complexity index is 486. The molecule has 1 aromatic carbocycles. The number of para-hydroxylation sites is 1. The van der Waals surface area contributed by atoms with Gasteiger partial charge in [0.1, 0.15) is 5.84 Å². The molecule has 2 rings (SSSR count). The van der Waals surface area contributed by atoms with Gasteiger partial charge < -0.3 is 15.4 Å². The maximum Gasteiger partial charge on any atom is 0.124 e. The molecule has 1 aliphatic heterocycles. The Morgan fingerprint density at radius 3 is 2.84 bits per heavy atom. The number of nitrogens with one attached hydrogen (secondary N) is 1. The molecule has 4 heteroatoms. The van der Waals surface area contributed by atoms with E-state index in [1.54, 1.807) is 7.11 Å². The van der Waals surface area contributed by atoms with Crippen molar-refractivity contribution in [1.29, 1.82) is 5.41 Å². The molecule has 0 amide bonds. The molecule has 4 nitrogen and oxygen atoms in total. The van der Waals surface area contributed by atoms with Crippen molar-refractivity contribution in [3.8, 4) is 0 Å². The number of anilines is 1. The summed E-state index contributed by atoms with van der Waals surface area (Å²) in [6, 6.07) is 5.94. The molecule has 1 aromatic rings. The molecule has 1 saturated heterocycles. The third-order valence-electron chi connectivity index (χ3n) is 4.00. The Kier molecular flexibility index (Phi) is 3.80. The van der Waals surface area contributed by atoms with Crippen LogP contribution in [0, 0.1) is 12.3 Å². The Morgan fingerprint density at radius 2 is 2.21 bits per heavy atom. The summed E-state index contributed by atoms with van der Waals surface area (Å²) in [6.45, 7) is 6.05. The molecule has 0 radical (unpaired) electrons. The number of methoxy groups -OCH3 is 1. The van der Waals surface area contributed by atoms with Crippen molar-refractivity contribution in [2.24, 2.45) is 5.73 Å². The number of benzene rings is 1. The van der Waals surface area contributed by atoms with Crippen LogP contribution in [0.3, 0.4) is 0 Å². The van der Waals surface area contributed by atoms with E-state index in [1.807, 2.05) is 12.1 Å². The average molecular weight is 261 g/mol. The monoisotopic (exact) mass is 261 g/mol. The zero-order valence-corrected chi connectivity index (χ0v) is 12.0. The molecule has 19 heavy (non-hydrogen) atoms. The van der Waals surface area contributed by atoms with E-state index < -0.39 is 0 Å². The average Bonchev–Trinajstić information content (AvgIpc) is 2.38. The molecule has 1 heterocycles. The number of nitrogens with two attached hydrogens (primary N) is 1. The summed E-state index contributed by atoms with van der Waals surface area (Å²) in [5.41, 5.74) is 8.66. The fraction of sp³-hybridized carbons (Fsp3) is 0.533. The minimum absolute atomic E-state index is 0.116. The maximum absolute atomic E-state index is 7.76. The van der Waals surface area contributed by atoms with Gasteiger partial charge in [-0.05, 0) is 38.3 Å². The summed E-state index contributed by atoms with van der Waals surface area (Å²) in [5, 5.41) is 7.76. The molecule has 1 aliphatic rings. The molecule has 0 aliphatic carbocycles. The van der Waals surface area contributed by atoms with Crippen LogP contribution in [0.4, 0.5) is 5.69 Å². The van der Waals surface area contributed by atoms with Gasteiger partial charge in [0, 0.05) is 25.8 Å². The van der Waals surface area contributed by atoms with Gasteiger partial charge in [-0.1, -0.05) is 12.1 Å². The largest absolute Gasteiger partial charge is 0.384 e. The predicted octanol–water partition coefficient (Wildman–Crippen LogP) is 2.28. The van der Waals surface area contributed by atoms with E-state index in [0.717, 1.165) is 42.7 Å². The van der Waals surface area contributed by atoms with Crippen molar-refractivity contribution in [1.82, 2.24) is 0 Å². The number of nitrogen functional groups attached to an aromatic ring is 1. The number of amidine groups is 1. The zero-order chi connectivity index (χ0) is 14.0. The fourth-order valence-corrected chi connectivity index (χ4v) is 2.86. The number of nitrogens with zero attached hydrogens (tertiary/aromatic N) is 1. The molecule has 1 fully saturated rings. The number of aryl methyl sites for hydroxylation is 1. The van der Waals surface area contributed by atoms with Crippen LogP contribution in [0.1, 0.15) is 30.9 Å². The van der Waals surface area contributed by atoms with Crippen molar-refractivity contribution in [3.63, 3.8) is 0 Å². The highest BCUT2D eigenvalue weighted by Crippen LogP contribution is 2.32. The van der Waals surface area contributed by atoms with Crippen molar-refractivity contribution in [2.75, 3.05) is 25.1 Å². The summed E-state index contributed by atoms with van der Waals surface area (Å²) in [6.07, 6.45) is 2.16. The first-order chi connectivity index (χ1) is 8.97. The molecular weight excluding hydrogens is 238 g/mol. The number of hydrogen-bond acceptors (Lipinski definition) is 3. The highest BCUT2D eigenvalue weighted by Gasteiger charge is 2.32. The summed E-state index contributed by atoms with van der Waals surface area (Å²) < 4.78 is 5.64. The van der Waals surface area contributed by atoms with Gasteiger partial charge in [-0.25, -0.2) is 0 Å². The molecule has 0 aromatic heterocycles. The van der Waals surface area contributed by atoms with E-state index in [1.165, 1.54) is 0 Å². The highest BCUT2D eigenvalue weighted by atomic mass is 16.5. The quantitative estimate of drug-likeness (QED) is 0.648. The minimum Gasteiger partial charge on any atom is -0.384 e. The Balaban J connectivity index is 2.38. The number of rotatable bonds is 3. The Labute approximate surface area is 115 Å². The third-order valence-corrected chi connectivity index (χ3v) is 4.00. The van der Waals surface area contributed by atoms with Crippen molar-refractivity contribution in [2.45, 2.75) is 32.3 Å². The van der Waals surface area contributed by atoms with Gasteiger partial charge in [-0.3, -0.25) is 5.41 Å². The molecule has 1 atom stereocenters. The standard InChI is InChI=1S/C15H23N3O/c1-11-6-4-7-12(14(16)17)13(11)18-9-5-8-15(2,10-18)19-3/h4,6-7H,5,8-10H2,1-3H3,(H3,16,17). The molecule has 1 unspecified atom stereocenters. The van der Waals surface area contributed by atoms with Gasteiger partial charge in [-0.15, -0.1) is 0 Å². The van der Waals surface area contributed by atoms with Crippen LogP contribution < -0.4 is 10.6 Å². The lowest BCUT2D eigenvalue weighted by atomic mass is 9.93. The number of hydrogen-bond donors (Lipinski definition) is 2. The van der Waals surface area contributed by atoms with Crippen molar-refractivity contribution >= 4 is 11.5 Å². The third kappa shape index (κ3) is 2.73. The van der Waals surface area contributed by atoms with Gasteiger partial charge in [0.15, 0.2) is 0 Å². The van der Waals surface area contributed by atoms with Gasteiger partial charge in [-0.2, -0.15) is 0 Å². The van der Waals surface area contributed by atoms with Crippen LogP contribution >= 0.6 is 0 Å². The summed E-state index contributed by atoms with van der Waals surface area (Å²) in [4.78, 5) is 2.30. The molecular formula is C15H23N3O. The molecule has 0 saturated carbocycles. The van der Waals surface area contributed by atoms with Crippen molar-refractivity contribution in [3.05, 3.63) is 29.3 Å². The topological polar surface area (TPSA) is 62.3 Å². The lowest BCUT2D eigenvalue weighted by Gasteiger charge is -2.41. The van der Waals surface area contributed by atoms with Gasteiger partial charge in [0.05, 0.1) is 11.3 Å². The van der Waals surface area contributed by atoms with E-state index in [0.29, 0.717) is 0 Å². The highest BCUT2D eigenvalue weighted by molar-refractivity contribution is 6.01. The fourth-order valence-electron chi connectivity index (χ4n) is 2.86.